The van der Waals surface area contributed by atoms with E-state index in [1.54, 1.807) is 25.2 Å². The highest BCUT2D eigenvalue weighted by Crippen LogP contribution is 2.66. The predicted octanol–water partition coefficient (Wildman–Crippen LogP) is 1.46. The maximum Gasteiger partial charge on any atom is 0.490 e. The molecule has 3 heterocycles. The third kappa shape index (κ3) is 17.0. The summed E-state index contributed by atoms with van der Waals surface area (Å²) in [5.74, 6) is 5.20. The van der Waals surface area contributed by atoms with Crippen LogP contribution in [0, 0.1) is 11.8 Å². The Morgan fingerprint density at radius 3 is 2.62 bits per heavy atom. The van der Waals surface area contributed by atoms with Crippen LogP contribution in [0.2, 0.25) is 0 Å². The van der Waals surface area contributed by atoms with Crippen LogP contribution in [0.25, 0.3) is 31.9 Å². The highest BCUT2D eigenvalue weighted by atomic mass is 31.3. The number of phosphoric ester groups is 1. The van der Waals surface area contributed by atoms with Gasteiger partial charge < -0.3 is 69.5 Å². The summed E-state index contributed by atoms with van der Waals surface area (Å²) >= 11 is 0. The van der Waals surface area contributed by atoms with Gasteiger partial charge in [0.15, 0.2) is 6.23 Å². The Bertz CT molecular complexity index is 2400. The van der Waals surface area contributed by atoms with E-state index in [1.807, 2.05) is 0 Å². The Kier molecular flexibility index (Phi) is 19.9. The van der Waals surface area contributed by atoms with Gasteiger partial charge in [0.25, 0.3) is 5.91 Å². The summed E-state index contributed by atoms with van der Waals surface area (Å²) < 4.78 is 76.8. The van der Waals surface area contributed by atoms with E-state index in [0.29, 0.717) is 30.0 Å². The molecule has 1 aliphatic heterocycles. The van der Waals surface area contributed by atoms with Gasteiger partial charge in [0.1, 0.15) is 55.8 Å². The second-order valence-electron chi connectivity index (χ2n) is 12.6. The van der Waals surface area contributed by atoms with Crippen LogP contribution in [0.15, 0.2) is 47.0 Å². The van der Waals surface area contributed by atoms with Crippen molar-refractivity contribution < 1.29 is 79.7 Å². The number of benzene rings is 1. The number of carbonyl (C=O) groups excluding carboxylic acids is 2. The molecule has 4 rings (SSSR count). The first-order chi connectivity index (χ1) is 30.4. The Labute approximate surface area is 361 Å². The number of aromatic nitrogens is 3. The number of nitrogens with one attached hydrogen (secondary N) is 3. The normalized spacial score (nSPS) is 18.3. The van der Waals surface area contributed by atoms with Crippen molar-refractivity contribution in [1.82, 2.24) is 30.5 Å². The van der Waals surface area contributed by atoms with Crippen molar-refractivity contribution in [2.24, 2.45) is 10.2 Å². The van der Waals surface area contributed by atoms with Gasteiger partial charge in [-0.1, -0.05) is 28.1 Å². The molecule has 64 heavy (non-hydrogen) atoms. The molecule has 348 valence electrons. The minimum absolute atomic E-state index is 0.0230. The lowest BCUT2D eigenvalue weighted by atomic mass is 10.2. The third-order valence-electron chi connectivity index (χ3n) is 8.05. The first-order valence-corrected chi connectivity index (χ1v) is 22.8. The van der Waals surface area contributed by atoms with Gasteiger partial charge in [-0.2, -0.15) is 8.62 Å². The fraction of sp³-hybridized carbons (Fsp3) is 0.484. The molecule has 3 unspecified atom stereocenters. The van der Waals surface area contributed by atoms with E-state index in [-0.39, 0.29) is 62.2 Å². The molecule has 1 saturated heterocycles. The van der Waals surface area contributed by atoms with Crippen LogP contribution in [-0.4, -0.2) is 131 Å². The van der Waals surface area contributed by atoms with E-state index in [9.17, 15) is 33.1 Å². The summed E-state index contributed by atoms with van der Waals surface area (Å²) in [6.07, 6.45) is -1.71. The van der Waals surface area contributed by atoms with Crippen LogP contribution in [-0.2, 0) is 50.6 Å². The summed E-state index contributed by atoms with van der Waals surface area (Å²) in [5.41, 5.74) is 24.7. The maximum atomic E-state index is 12.4. The Morgan fingerprint density at radius 1 is 1.09 bits per heavy atom. The Balaban J connectivity index is 1.29. The van der Waals surface area contributed by atoms with Gasteiger partial charge in [-0.3, -0.25) is 14.1 Å². The van der Waals surface area contributed by atoms with Crippen molar-refractivity contribution in [1.29, 1.82) is 0 Å². The molecule has 6 atom stereocenters. The lowest BCUT2D eigenvalue weighted by molar-refractivity contribution is -0.126. The average molecular weight is 962 g/mol. The molecule has 0 saturated carbocycles. The number of azide groups is 2. The zero-order valence-corrected chi connectivity index (χ0v) is 36.1. The van der Waals surface area contributed by atoms with E-state index >= 15 is 0 Å². The minimum atomic E-state index is -5.80. The molecule has 2 aromatic heterocycles. The molecule has 30 nitrogen and oxygen atoms in total. The number of rotatable bonds is 26. The van der Waals surface area contributed by atoms with Crippen LogP contribution in [0.3, 0.4) is 0 Å². The largest absolute Gasteiger partial charge is 0.491 e. The standard InChI is InChI=1S/C31H42N13O17P3/c1-35-8-9-37-31(46)20-4-2-6-22(12-20)56-17-26(41-43-34)55-11-10-54-16-25(45)36-7-3-5-21-14-44(30-28(21)29(32)38-18-39-30)27-13-23(57-19-40-42-33)24(59-27)15-58-63(50,51)61-64(52,53)60-62(47,48)49/h2,4,6,12,14,18,23-24,26-27,35H,7-11,13,15-17,19H2,1H3,(H,36,45)(H,37,46)(H,50,51)(H,52,53)(H2,32,38,39)(H2,47,48,49)/t23-,24-,26?,27-/m1/s1. The third-order valence-corrected chi connectivity index (χ3v) is 11.9. The number of carbonyl (C=O) groups is 2. The van der Waals surface area contributed by atoms with Crippen molar-refractivity contribution >= 4 is 52.1 Å². The maximum absolute atomic E-state index is 12.4. The van der Waals surface area contributed by atoms with Gasteiger partial charge in [-0.15, -0.1) is 0 Å². The first kappa shape index (κ1) is 51.4. The molecule has 0 aliphatic carbocycles. The summed E-state index contributed by atoms with van der Waals surface area (Å²) in [6.45, 7) is -1.17. The van der Waals surface area contributed by atoms with Crippen molar-refractivity contribution in [2.45, 2.75) is 31.1 Å². The average Bonchev–Trinajstić information content (AvgIpc) is 3.81. The summed E-state index contributed by atoms with van der Waals surface area (Å²) in [5, 5.41) is 15.4. The topological polar surface area (TPSA) is 430 Å². The van der Waals surface area contributed by atoms with Gasteiger partial charge in [-0.05, 0) is 36.3 Å². The summed E-state index contributed by atoms with van der Waals surface area (Å²) in [4.78, 5) is 75.3. The molecule has 0 bridgehead atoms. The van der Waals surface area contributed by atoms with E-state index in [0.717, 1.165) is 6.33 Å². The Morgan fingerprint density at radius 2 is 1.89 bits per heavy atom. The van der Waals surface area contributed by atoms with Crippen LogP contribution in [0.5, 0.6) is 5.75 Å². The zero-order chi connectivity index (χ0) is 46.8. The number of amides is 2. The van der Waals surface area contributed by atoms with Gasteiger partial charge in [0.2, 0.25) is 5.91 Å². The lowest BCUT2D eigenvalue weighted by Gasteiger charge is -2.21. The summed E-state index contributed by atoms with van der Waals surface area (Å²) in [6, 6.07) is 6.41. The number of fused-ring (bicyclic) bond motifs is 1. The van der Waals surface area contributed by atoms with Crippen LogP contribution in [0.1, 0.15) is 28.6 Å². The number of ether oxygens (including phenoxy) is 5. The molecule has 0 spiro atoms. The molecule has 9 N–H and O–H groups in total. The number of hydrogen-bond acceptors (Lipinski definition) is 19. The molecule has 0 radical (unpaired) electrons. The van der Waals surface area contributed by atoms with E-state index in [1.165, 1.54) is 16.8 Å². The van der Waals surface area contributed by atoms with Crippen LogP contribution >= 0.6 is 23.5 Å². The number of anilines is 1. The molecule has 33 heteroatoms. The van der Waals surface area contributed by atoms with Gasteiger partial charge in [0, 0.05) is 41.1 Å². The monoisotopic (exact) mass is 961 g/mol. The van der Waals surface area contributed by atoms with E-state index in [2.05, 4.69) is 66.4 Å². The van der Waals surface area contributed by atoms with Crippen LogP contribution in [0.4, 0.5) is 5.82 Å². The van der Waals surface area contributed by atoms with E-state index < -0.39 is 67.4 Å². The lowest BCUT2D eigenvalue weighted by Crippen LogP contribution is -2.30. The molecular weight excluding hydrogens is 919 g/mol. The number of nitrogen functional groups attached to an aromatic ring is 1. The molecule has 1 fully saturated rings. The number of likely N-dealkylation sites (N-methyl/N-ethyl adjacent to an activating group) is 1. The van der Waals surface area contributed by atoms with E-state index in [4.69, 9.17) is 54.8 Å². The summed E-state index contributed by atoms with van der Waals surface area (Å²) in [7, 11) is -15.2. The number of nitrogens with two attached hydrogens (primary N) is 1. The van der Waals surface area contributed by atoms with Crippen LogP contribution < -0.4 is 26.4 Å². The fourth-order valence-corrected chi connectivity index (χ4v) is 8.49. The second-order valence-corrected chi connectivity index (χ2v) is 17.0. The quantitative estimate of drug-likeness (QED) is 0.0141. The van der Waals surface area contributed by atoms with Crippen molar-refractivity contribution in [3.8, 4) is 17.6 Å². The highest BCUT2D eigenvalue weighted by Gasteiger charge is 2.43. The second kappa shape index (κ2) is 24.7. The molecule has 1 aromatic carbocycles. The molecule has 3 aromatic rings. The smallest absolute Gasteiger partial charge is 0.490 e. The molecular formula is C31H42N13O17P3. The molecule has 2 amide bonds. The fourth-order valence-electron chi connectivity index (χ4n) is 5.46. The predicted molar refractivity (Wildman–Crippen MR) is 217 cm³/mol. The molecule has 1 aliphatic rings. The number of phosphoric acid groups is 3. The van der Waals surface area contributed by atoms with Crippen molar-refractivity contribution in [2.75, 3.05) is 72.2 Å². The minimum Gasteiger partial charge on any atom is -0.491 e. The van der Waals surface area contributed by atoms with Crippen molar-refractivity contribution in [3.05, 3.63) is 68.8 Å². The van der Waals surface area contributed by atoms with Gasteiger partial charge in [0.05, 0.1) is 43.4 Å². The van der Waals surface area contributed by atoms with Crippen molar-refractivity contribution in [3.63, 3.8) is 0 Å². The number of nitrogens with zero attached hydrogens (tertiary/aromatic N) is 9. The SMILES string of the molecule is CNCCNC(=O)c1cccc(OCC(N=[N+]=[N-])OCCOCC(=O)NCC#Cc2cn([C@H]3C[C@@H](OCN=[N+]=[N-])[C@@H](COP(=O)(O)OP(=O)(O)OP(=O)(O)O)O3)c3ncnc(N)c23)c1. The zero-order valence-electron chi connectivity index (χ0n) is 33.4. The van der Waals surface area contributed by atoms with Gasteiger partial charge >= 0.3 is 23.5 Å². The first-order valence-electron chi connectivity index (χ1n) is 18.3. The number of hydrogen-bond donors (Lipinski definition) is 8. The highest BCUT2D eigenvalue weighted by molar-refractivity contribution is 7.66. The van der Waals surface area contributed by atoms with Gasteiger partial charge in [-0.25, -0.2) is 23.7 Å². The Hall–Kier alpha value is -5.23.